The molecule has 3 aromatic rings. The first-order valence-corrected chi connectivity index (χ1v) is 9.51. The van der Waals surface area contributed by atoms with Crippen LogP contribution in [-0.2, 0) is 16.1 Å². The Bertz CT molecular complexity index is 1200. The number of hydrogen-bond donors (Lipinski definition) is 1. The van der Waals surface area contributed by atoms with Gasteiger partial charge in [-0.2, -0.15) is 0 Å². The van der Waals surface area contributed by atoms with Gasteiger partial charge in [-0.05, 0) is 36.5 Å². The van der Waals surface area contributed by atoms with Gasteiger partial charge in [0, 0.05) is 40.3 Å². The molecule has 0 spiro atoms. The average molecular weight is 428 g/mol. The largest absolute Gasteiger partial charge is 0.342 e. The summed E-state index contributed by atoms with van der Waals surface area (Å²) in [6.45, 7) is 0.208. The first kappa shape index (κ1) is 19.3. The van der Waals surface area contributed by atoms with Gasteiger partial charge in [0.25, 0.3) is 11.8 Å². The average Bonchev–Trinajstić information content (AvgIpc) is 3.04. The minimum absolute atomic E-state index is 0.0204. The van der Waals surface area contributed by atoms with E-state index in [-0.39, 0.29) is 17.2 Å². The number of thiocarbonyl (C=S) groups is 1. The number of fused-ring (bicyclic) bond motifs is 1. The Morgan fingerprint density at radius 2 is 1.93 bits per heavy atom. The summed E-state index contributed by atoms with van der Waals surface area (Å²) in [5, 5.41) is 3.71. The SMILES string of the molecule is CN1C(=O)/C(=C/c2cn(Cc3c(F)cccc3Cl)c3ccccc23)C(=O)NC1=S. The molecule has 8 heteroatoms. The molecule has 1 aromatic heterocycles. The van der Waals surface area contributed by atoms with Crippen LogP contribution in [0.15, 0.2) is 54.2 Å². The van der Waals surface area contributed by atoms with Crippen LogP contribution in [0.4, 0.5) is 4.39 Å². The van der Waals surface area contributed by atoms with Crippen molar-refractivity contribution in [3.05, 3.63) is 76.2 Å². The van der Waals surface area contributed by atoms with Crippen molar-refractivity contribution in [1.82, 2.24) is 14.8 Å². The van der Waals surface area contributed by atoms with Gasteiger partial charge < -0.3 is 4.57 Å². The molecule has 29 heavy (non-hydrogen) atoms. The van der Waals surface area contributed by atoms with Gasteiger partial charge in [-0.15, -0.1) is 0 Å². The molecule has 0 saturated carbocycles. The Kier molecular flexibility index (Phi) is 4.94. The zero-order valence-corrected chi connectivity index (χ0v) is 16.9. The quantitative estimate of drug-likeness (QED) is 0.393. The molecule has 1 saturated heterocycles. The third-order valence-electron chi connectivity index (χ3n) is 4.81. The third kappa shape index (κ3) is 3.43. The number of carbonyl (C=O) groups is 2. The number of rotatable bonds is 3. The second-order valence-electron chi connectivity index (χ2n) is 6.61. The molecule has 2 heterocycles. The van der Waals surface area contributed by atoms with E-state index in [2.05, 4.69) is 5.32 Å². The fraction of sp³-hybridized carbons (Fsp3) is 0.0952. The van der Waals surface area contributed by atoms with E-state index in [0.717, 1.165) is 10.9 Å². The molecule has 4 rings (SSSR count). The number of carbonyl (C=O) groups excluding carboxylic acids is 2. The van der Waals surface area contributed by atoms with E-state index in [0.29, 0.717) is 16.1 Å². The maximum Gasteiger partial charge on any atom is 0.265 e. The number of para-hydroxylation sites is 1. The number of amides is 2. The minimum atomic E-state index is -0.549. The maximum absolute atomic E-state index is 14.3. The molecule has 0 radical (unpaired) electrons. The molecule has 1 N–H and O–H groups in total. The van der Waals surface area contributed by atoms with E-state index in [1.165, 1.54) is 24.1 Å². The summed E-state index contributed by atoms with van der Waals surface area (Å²) in [6.07, 6.45) is 3.30. The highest BCUT2D eigenvalue weighted by Gasteiger charge is 2.31. The molecular weight excluding hydrogens is 413 g/mol. The molecule has 0 unspecified atom stereocenters. The lowest BCUT2D eigenvalue weighted by atomic mass is 10.1. The van der Waals surface area contributed by atoms with Gasteiger partial charge in [0.15, 0.2) is 5.11 Å². The molecule has 146 valence electrons. The van der Waals surface area contributed by atoms with Gasteiger partial charge >= 0.3 is 0 Å². The molecule has 2 amide bonds. The summed E-state index contributed by atoms with van der Waals surface area (Å²) >= 11 is 11.2. The maximum atomic E-state index is 14.3. The Balaban J connectivity index is 1.82. The van der Waals surface area contributed by atoms with Gasteiger partial charge in [0.2, 0.25) is 0 Å². The number of benzene rings is 2. The van der Waals surface area contributed by atoms with Crippen LogP contribution in [0.2, 0.25) is 5.02 Å². The molecule has 0 atom stereocenters. The summed E-state index contributed by atoms with van der Waals surface area (Å²) < 4.78 is 16.1. The van der Waals surface area contributed by atoms with Crippen LogP contribution in [0, 0.1) is 5.82 Å². The van der Waals surface area contributed by atoms with Crippen LogP contribution in [0.1, 0.15) is 11.1 Å². The smallest absolute Gasteiger partial charge is 0.265 e. The summed E-state index contributed by atoms with van der Waals surface area (Å²) in [6, 6.07) is 12.0. The van der Waals surface area contributed by atoms with Crippen LogP contribution in [0.3, 0.4) is 0 Å². The van der Waals surface area contributed by atoms with Crippen LogP contribution >= 0.6 is 23.8 Å². The van der Waals surface area contributed by atoms with Crippen molar-refractivity contribution >= 4 is 57.7 Å². The number of halogens is 2. The number of aromatic nitrogens is 1. The molecule has 0 bridgehead atoms. The van der Waals surface area contributed by atoms with E-state index in [1.807, 2.05) is 28.8 Å². The highest BCUT2D eigenvalue weighted by atomic mass is 35.5. The Morgan fingerprint density at radius 1 is 1.17 bits per heavy atom. The van der Waals surface area contributed by atoms with Gasteiger partial charge in [-0.25, -0.2) is 4.39 Å². The topological polar surface area (TPSA) is 54.3 Å². The number of hydrogen-bond acceptors (Lipinski definition) is 3. The fourth-order valence-corrected chi connectivity index (χ4v) is 3.67. The summed E-state index contributed by atoms with van der Waals surface area (Å²) in [7, 11) is 1.50. The first-order chi connectivity index (χ1) is 13.9. The fourth-order valence-electron chi connectivity index (χ4n) is 3.28. The van der Waals surface area contributed by atoms with E-state index < -0.39 is 17.6 Å². The van der Waals surface area contributed by atoms with Crippen molar-refractivity contribution in [1.29, 1.82) is 0 Å². The number of nitrogens with one attached hydrogen (secondary N) is 1. The standard InChI is InChI=1S/C21H15ClFN3O2S/c1-25-20(28)14(19(27)24-21(25)29)9-12-10-26(18-8-3-2-5-13(12)18)11-15-16(22)6-4-7-17(15)23/h2-10H,11H2,1H3,(H,24,27,29)/b14-9+. The van der Waals surface area contributed by atoms with Crippen LogP contribution in [-0.4, -0.2) is 33.4 Å². The summed E-state index contributed by atoms with van der Waals surface area (Å²) in [5.74, 6) is -1.42. The van der Waals surface area contributed by atoms with E-state index in [9.17, 15) is 14.0 Å². The number of likely N-dealkylation sites (N-methyl/N-ethyl adjacent to an activating group) is 1. The second kappa shape index (κ2) is 7.42. The Hall–Kier alpha value is -3.03. The summed E-state index contributed by atoms with van der Waals surface area (Å²) in [5.41, 5.74) is 1.83. The zero-order valence-electron chi connectivity index (χ0n) is 15.3. The van der Waals surface area contributed by atoms with Gasteiger partial charge in [0.1, 0.15) is 11.4 Å². The molecule has 2 aromatic carbocycles. The van der Waals surface area contributed by atoms with E-state index in [1.54, 1.807) is 18.3 Å². The van der Waals surface area contributed by atoms with Crippen molar-refractivity contribution in [3.63, 3.8) is 0 Å². The van der Waals surface area contributed by atoms with Crippen molar-refractivity contribution in [2.75, 3.05) is 7.05 Å². The van der Waals surface area contributed by atoms with E-state index >= 15 is 0 Å². The van der Waals surface area contributed by atoms with Crippen molar-refractivity contribution in [2.45, 2.75) is 6.54 Å². The summed E-state index contributed by atoms with van der Waals surface area (Å²) in [4.78, 5) is 26.0. The molecule has 1 aliphatic rings. The Labute approximate surface area is 176 Å². The lowest BCUT2D eigenvalue weighted by molar-refractivity contribution is -0.128. The predicted molar refractivity (Wildman–Crippen MR) is 114 cm³/mol. The normalized spacial score (nSPS) is 16.0. The third-order valence-corrected chi connectivity index (χ3v) is 5.54. The second-order valence-corrected chi connectivity index (χ2v) is 7.41. The lowest BCUT2D eigenvalue weighted by Gasteiger charge is -2.24. The molecule has 1 aliphatic heterocycles. The highest BCUT2D eigenvalue weighted by Crippen LogP contribution is 2.27. The molecule has 0 aliphatic carbocycles. The molecule has 1 fully saturated rings. The zero-order chi connectivity index (χ0) is 20.7. The van der Waals surface area contributed by atoms with Crippen LogP contribution in [0.5, 0.6) is 0 Å². The van der Waals surface area contributed by atoms with Crippen LogP contribution < -0.4 is 5.32 Å². The monoisotopic (exact) mass is 427 g/mol. The minimum Gasteiger partial charge on any atom is -0.342 e. The number of nitrogens with zero attached hydrogens (tertiary/aromatic N) is 2. The van der Waals surface area contributed by atoms with Crippen molar-refractivity contribution in [2.24, 2.45) is 0 Å². The Morgan fingerprint density at radius 3 is 2.69 bits per heavy atom. The molecule has 5 nitrogen and oxygen atoms in total. The van der Waals surface area contributed by atoms with Crippen molar-refractivity contribution in [3.8, 4) is 0 Å². The van der Waals surface area contributed by atoms with Gasteiger partial charge in [-0.1, -0.05) is 35.9 Å². The van der Waals surface area contributed by atoms with Gasteiger partial charge in [-0.3, -0.25) is 19.8 Å². The van der Waals surface area contributed by atoms with Gasteiger partial charge in [0.05, 0.1) is 6.54 Å². The highest BCUT2D eigenvalue weighted by molar-refractivity contribution is 7.80. The molecular formula is C21H15ClFN3O2S. The first-order valence-electron chi connectivity index (χ1n) is 8.72. The van der Waals surface area contributed by atoms with Crippen molar-refractivity contribution < 1.29 is 14.0 Å². The van der Waals surface area contributed by atoms with Crippen LogP contribution in [0.25, 0.3) is 17.0 Å². The predicted octanol–water partition coefficient (Wildman–Crippen LogP) is 3.74. The lowest BCUT2D eigenvalue weighted by Crippen LogP contribution is -2.52. The van der Waals surface area contributed by atoms with E-state index in [4.69, 9.17) is 23.8 Å².